The lowest BCUT2D eigenvalue weighted by Crippen LogP contribution is -2.36. The van der Waals surface area contributed by atoms with Crippen molar-refractivity contribution < 1.29 is 22.4 Å². The van der Waals surface area contributed by atoms with Crippen molar-refractivity contribution in [3.05, 3.63) is 59.0 Å². The van der Waals surface area contributed by atoms with Gasteiger partial charge >= 0.3 is 6.18 Å². The normalized spacial score (nSPS) is 11.6. The molecule has 1 aromatic heterocycles. The number of carbonyl (C=O) groups is 1. The molecule has 1 amide bonds. The Hall–Kier alpha value is -2.24. The molecular formula is C16H18F3IN4O2. The maximum atomic E-state index is 12.5. The fourth-order valence-corrected chi connectivity index (χ4v) is 1.99. The molecular weight excluding hydrogens is 464 g/mol. The average molecular weight is 482 g/mol. The van der Waals surface area contributed by atoms with Crippen LogP contribution in [0.15, 0.2) is 45.8 Å². The summed E-state index contributed by atoms with van der Waals surface area (Å²) in [5.41, 5.74) is 5.08. The van der Waals surface area contributed by atoms with E-state index in [4.69, 9.17) is 10.2 Å². The second-order valence-electron chi connectivity index (χ2n) is 5.10. The Kier molecular flexibility index (Phi) is 7.93. The Balaban J connectivity index is 0.00000338. The van der Waals surface area contributed by atoms with Crippen LogP contribution in [0.2, 0.25) is 0 Å². The number of guanidine groups is 1. The third kappa shape index (κ3) is 6.24. The Morgan fingerprint density at radius 3 is 2.23 bits per heavy atom. The first kappa shape index (κ1) is 21.8. The number of nitrogens with one attached hydrogen (secondary N) is 2. The maximum absolute atomic E-state index is 12.5. The monoisotopic (exact) mass is 482 g/mol. The van der Waals surface area contributed by atoms with Gasteiger partial charge in [0.05, 0.1) is 12.1 Å². The van der Waals surface area contributed by atoms with Crippen molar-refractivity contribution in [2.75, 3.05) is 7.05 Å². The number of nitrogens with two attached hydrogens (primary N) is 1. The highest BCUT2D eigenvalue weighted by molar-refractivity contribution is 14.0. The number of carbonyl (C=O) groups excluding carboxylic acids is 1. The third-order valence-electron chi connectivity index (χ3n) is 3.30. The van der Waals surface area contributed by atoms with E-state index in [9.17, 15) is 18.0 Å². The van der Waals surface area contributed by atoms with Gasteiger partial charge in [-0.2, -0.15) is 13.2 Å². The van der Waals surface area contributed by atoms with Crippen LogP contribution in [-0.4, -0.2) is 18.9 Å². The first-order valence-corrected chi connectivity index (χ1v) is 7.29. The van der Waals surface area contributed by atoms with Crippen LogP contribution < -0.4 is 16.4 Å². The first-order valence-electron chi connectivity index (χ1n) is 7.29. The maximum Gasteiger partial charge on any atom is 0.416 e. The minimum atomic E-state index is -4.35. The summed E-state index contributed by atoms with van der Waals surface area (Å²) in [6, 6.07) is 7.93. The molecule has 0 bridgehead atoms. The predicted molar refractivity (Wildman–Crippen MR) is 101 cm³/mol. The molecule has 10 heteroatoms. The summed E-state index contributed by atoms with van der Waals surface area (Å²) in [5.74, 6) is 0.323. The predicted octanol–water partition coefficient (Wildman–Crippen LogP) is 2.88. The highest BCUT2D eigenvalue weighted by Gasteiger charge is 2.29. The van der Waals surface area contributed by atoms with Crippen molar-refractivity contribution in [3.63, 3.8) is 0 Å². The molecule has 0 atom stereocenters. The molecule has 0 spiro atoms. The molecule has 4 N–H and O–H groups in total. The van der Waals surface area contributed by atoms with E-state index in [2.05, 4.69) is 15.6 Å². The lowest BCUT2D eigenvalue weighted by atomic mass is 10.1. The van der Waals surface area contributed by atoms with Crippen molar-refractivity contribution in [3.8, 4) is 0 Å². The summed E-state index contributed by atoms with van der Waals surface area (Å²) >= 11 is 0. The van der Waals surface area contributed by atoms with E-state index < -0.39 is 17.6 Å². The van der Waals surface area contributed by atoms with Gasteiger partial charge in [0.15, 0.2) is 11.7 Å². The van der Waals surface area contributed by atoms with Crippen LogP contribution in [0.4, 0.5) is 13.2 Å². The molecule has 0 aliphatic rings. The Morgan fingerprint density at radius 2 is 1.73 bits per heavy atom. The molecule has 0 aliphatic carbocycles. The molecule has 6 nitrogen and oxygen atoms in total. The van der Waals surface area contributed by atoms with Crippen molar-refractivity contribution >= 4 is 35.8 Å². The molecule has 0 fully saturated rings. The molecule has 0 saturated heterocycles. The molecule has 0 aliphatic heterocycles. The molecule has 26 heavy (non-hydrogen) atoms. The van der Waals surface area contributed by atoms with E-state index in [0.29, 0.717) is 23.8 Å². The van der Waals surface area contributed by atoms with Crippen LogP contribution >= 0.6 is 24.0 Å². The number of hydrogen-bond donors (Lipinski definition) is 3. The van der Waals surface area contributed by atoms with E-state index in [1.807, 2.05) is 0 Å². The molecule has 1 heterocycles. The molecule has 0 unspecified atom stereocenters. The van der Waals surface area contributed by atoms with Gasteiger partial charge in [0, 0.05) is 13.6 Å². The van der Waals surface area contributed by atoms with E-state index in [1.165, 1.54) is 18.2 Å². The van der Waals surface area contributed by atoms with Crippen LogP contribution in [0.25, 0.3) is 0 Å². The summed E-state index contributed by atoms with van der Waals surface area (Å²) in [5, 5.41) is 5.92. The number of amides is 1. The van der Waals surface area contributed by atoms with Gasteiger partial charge in [-0.25, -0.2) is 0 Å². The SMILES string of the molecule is CN=C(NCc1ccc(C(F)(F)F)cc1)NCc1ccc(C(N)=O)o1.I. The fraction of sp³-hybridized carbons (Fsp3) is 0.250. The lowest BCUT2D eigenvalue weighted by molar-refractivity contribution is -0.137. The van der Waals surface area contributed by atoms with Crippen molar-refractivity contribution in [1.29, 1.82) is 0 Å². The Morgan fingerprint density at radius 1 is 1.12 bits per heavy atom. The number of alkyl halides is 3. The number of halogens is 4. The topological polar surface area (TPSA) is 92.6 Å². The standard InChI is InChI=1S/C16H17F3N4O2.HI/c1-21-15(23-9-12-6-7-13(25-12)14(20)24)22-8-10-2-4-11(5-3-10)16(17,18)19;/h2-7H,8-9H2,1H3,(H2,20,24)(H2,21,22,23);1H. The third-order valence-corrected chi connectivity index (χ3v) is 3.30. The van der Waals surface area contributed by atoms with Gasteiger partial charge in [0.1, 0.15) is 5.76 Å². The van der Waals surface area contributed by atoms with Gasteiger partial charge in [-0.1, -0.05) is 12.1 Å². The minimum Gasteiger partial charge on any atom is -0.454 e. The highest BCUT2D eigenvalue weighted by Crippen LogP contribution is 2.29. The van der Waals surface area contributed by atoms with Gasteiger partial charge in [-0.3, -0.25) is 9.79 Å². The number of nitrogens with zero attached hydrogens (tertiary/aromatic N) is 1. The quantitative estimate of drug-likeness (QED) is 0.347. The van der Waals surface area contributed by atoms with Gasteiger partial charge < -0.3 is 20.8 Å². The van der Waals surface area contributed by atoms with E-state index in [1.54, 1.807) is 13.1 Å². The summed E-state index contributed by atoms with van der Waals surface area (Å²) in [6.45, 7) is 0.558. The van der Waals surface area contributed by atoms with E-state index in [0.717, 1.165) is 12.1 Å². The second kappa shape index (κ2) is 9.46. The summed E-state index contributed by atoms with van der Waals surface area (Å²) in [4.78, 5) is 15.0. The van der Waals surface area contributed by atoms with Crippen LogP contribution in [0.3, 0.4) is 0 Å². The number of aliphatic imine (C=N–C) groups is 1. The molecule has 2 aromatic rings. The molecule has 142 valence electrons. The molecule has 1 aromatic carbocycles. The largest absolute Gasteiger partial charge is 0.454 e. The van der Waals surface area contributed by atoms with Crippen molar-refractivity contribution in [2.24, 2.45) is 10.7 Å². The zero-order valence-corrected chi connectivity index (χ0v) is 16.1. The van der Waals surface area contributed by atoms with Gasteiger partial charge in [-0.05, 0) is 29.8 Å². The van der Waals surface area contributed by atoms with Crippen LogP contribution in [0.5, 0.6) is 0 Å². The van der Waals surface area contributed by atoms with Gasteiger partial charge in [0.2, 0.25) is 0 Å². The number of primary amides is 1. The number of furan rings is 1. The zero-order chi connectivity index (χ0) is 18.4. The van der Waals surface area contributed by atoms with Gasteiger partial charge in [0.25, 0.3) is 5.91 Å². The molecule has 2 rings (SSSR count). The van der Waals surface area contributed by atoms with E-state index >= 15 is 0 Å². The molecule has 0 radical (unpaired) electrons. The highest BCUT2D eigenvalue weighted by atomic mass is 127. The first-order chi connectivity index (χ1) is 11.8. The number of benzene rings is 1. The Labute approximate surface area is 165 Å². The number of rotatable bonds is 5. The zero-order valence-electron chi connectivity index (χ0n) is 13.8. The van der Waals surface area contributed by atoms with Crippen LogP contribution in [0.1, 0.15) is 27.4 Å². The number of hydrogen-bond acceptors (Lipinski definition) is 3. The van der Waals surface area contributed by atoms with Crippen LogP contribution in [0, 0.1) is 0 Å². The smallest absolute Gasteiger partial charge is 0.416 e. The minimum absolute atomic E-state index is 0. The van der Waals surface area contributed by atoms with Crippen molar-refractivity contribution in [2.45, 2.75) is 19.3 Å². The summed E-state index contributed by atoms with van der Waals surface area (Å²) < 4.78 is 42.8. The molecule has 0 saturated carbocycles. The second-order valence-corrected chi connectivity index (χ2v) is 5.10. The Bertz CT molecular complexity index is 758. The summed E-state index contributed by atoms with van der Waals surface area (Å²) in [7, 11) is 1.55. The summed E-state index contributed by atoms with van der Waals surface area (Å²) in [6.07, 6.45) is -4.35. The lowest BCUT2D eigenvalue weighted by Gasteiger charge is -2.12. The van der Waals surface area contributed by atoms with Crippen LogP contribution in [-0.2, 0) is 19.3 Å². The average Bonchev–Trinajstić information content (AvgIpc) is 3.04. The fourth-order valence-electron chi connectivity index (χ4n) is 1.99. The van der Waals surface area contributed by atoms with Gasteiger partial charge in [-0.15, -0.1) is 24.0 Å². The van der Waals surface area contributed by atoms with E-state index in [-0.39, 0.29) is 36.3 Å². The van der Waals surface area contributed by atoms with Crippen molar-refractivity contribution in [1.82, 2.24) is 10.6 Å².